The molecule has 222 valence electrons. The number of nitrogens with two attached hydrogens (primary N) is 1. The van der Waals surface area contributed by atoms with Gasteiger partial charge in [-0.15, -0.1) is 0 Å². The van der Waals surface area contributed by atoms with E-state index < -0.39 is 11.9 Å². The van der Waals surface area contributed by atoms with Crippen LogP contribution < -0.4 is 5.73 Å². The van der Waals surface area contributed by atoms with Crippen molar-refractivity contribution >= 4 is 17.8 Å². The molecule has 3 aromatic rings. The molecule has 3 aromatic carbocycles. The Kier molecular flexibility index (Phi) is 10.3. The molecule has 6 heteroatoms. The highest BCUT2D eigenvalue weighted by atomic mass is 16.5. The van der Waals surface area contributed by atoms with E-state index >= 15 is 0 Å². The number of amides is 2. The Morgan fingerprint density at radius 2 is 1.43 bits per heavy atom. The molecule has 6 nitrogen and oxygen atoms in total. The molecule has 1 heterocycles. The summed E-state index contributed by atoms with van der Waals surface area (Å²) < 4.78 is 5.64. The number of ether oxygens (including phenoxy) is 1. The smallest absolute Gasteiger partial charge is 0.315 e. The SMILES string of the molecule is CC(=O)OCC(CCCCC(=O)[N@@+]1(C(c2ccccc2)c2ccccc2)CCCC1C(N)=O)(c1ccccc1)C(C)C. The maximum atomic E-state index is 14.5. The molecule has 4 rings (SSSR count). The number of quaternary nitrogens is 1. The highest BCUT2D eigenvalue weighted by Crippen LogP contribution is 2.44. The van der Waals surface area contributed by atoms with Crippen LogP contribution in [0.4, 0.5) is 0 Å². The topological polar surface area (TPSA) is 86.5 Å². The van der Waals surface area contributed by atoms with Crippen LogP contribution in [0.1, 0.15) is 82.0 Å². The van der Waals surface area contributed by atoms with Crippen LogP contribution in [0.2, 0.25) is 0 Å². The Labute approximate surface area is 250 Å². The monoisotopic (exact) mass is 569 g/mol. The van der Waals surface area contributed by atoms with Gasteiger partial charge in [0.05, 0.1) is 13.0 Å². The standard InChI is InChI=1S/C36H44N2O4/c1-27(2)36(26-42-28(3)39,31-20-11-6-12-21-31)24-14-13-23-33(40)38(25-15-22-32(38)35(37)41)34(29-16-7-4-8-17-29)30-18-9-5-10-19-30/h4-12,16-21,27,32,34H,13-15,22-26H2,1-3H3,(H-,37,41)/p+1/t32?,36?,38-/m1/s1. The van der Waals surface area contributed by atoms with Crippen molar-refractivity contribution in [1.29, 1.82) is 0 Å². The molecule has 1 saturated heterocycles. The zero-order chi connectivity index (χ0) is 30.2. The Morgan fingerprint density at radius 3 is 1.93 bits per heavy atom. The molecule has 0 aliphatic carbocycles. The fraction of sp³-hybridized carbons (Fsp3) is 0.417. The van der Waals surface area contributed by atoms with Crippen LogP contribution >= 0.6 is 0 Å². The van der Waals surface area contributed by atoms with Gasteiger partial charge in [-0.3, -0.25) is 9.59 Å². The summed E-state index contributed by atoms with van der Waals surface area (Å²) in [6.07, 6.45) is 3.93. The van der Waals surface area contributed by atoms with Crippen molar-refractivity contribution in [2.45, 2.75) is 76.8 Å². The minimum absolute atomic E-state index is 0.0326. The predicted molar refractivity (Wildman–Crippen MR) is 165 cm³/mol. The predicted octanol–water partition coefficient (Wildman–Crippen LogP) is 6.48. The zero-order valence-corrected chi connectivity index (χ0v) is 25.2. The number of unbranched alkanes of at least 4 members (excludes halogenated alkanes) is 1. The van der Waals surface area contributed by atoms with Gasteiger partial charge in [-0.2, -0.15) is 0 Å². The first-order valence-corrected chi connectivity index (χ1v) is 15.2. The van der Waals surface area contributed by atoms with Crippen molar-refractivity contribution in [3.8, 4) is 0 Å². The van der Waals surface area contributed by atoms with Gasteiger partial charge in [-0.25, -0.2) is 9.28 Å². The molecule has 0 saturated carbocycles. The van der Waals surface area contributed by atoms with Gasteiger partial charge < -0.3 is 10.5 Å². The first kappa shape index (κ1) is 31.2. The second-order valence-electron chi connectivity index (χ2n) is 12.0. The summed E-state index contributed by atoms with van der Waals surface area (Å²) in [5.74, 6) is -0.436. The summed E-state index contributed by atoms with van der Waals surface area (Å²) in [6, 6.07) is 29.4. The molecule has 1 aliphatic rings. The lowest BCUT2D eigenvalue weighted by Gasteiger charge is -2.43. The first-order valence-electron chi connectivity index (χ1n) is 15.2. The summed E-state index contributed by atoms with van der Waals surface area (Å²) in [5.41, 5.74) is 8.82. The Balaban J connectivity index is 1.62. The van der Waals surface area contributed by atoms with Crippen molar-refractivity contribution in [3.63, 3.8) is 0 Å². The van der Waals surface area contributed by atoms with Crippen LogP contribution in [0.3, 0.4) is 0 Å². The van der Waals surface area contributed by atoms with Crippen LogP contribution in [0.15, 0.2) is 91.0 Å². The number of nitrogens with zero attached hydrogens (tertiary/aromatic N) is 1. The number of esters is 1. The molecular weight excluding hydrogens is 524 g/mol. The Morgan fingerprint density at radius 1 is 0.881 bits per heavy atom. The van der Waals surface area contributed by atoms with E-state index in [-0.39, 0.29) is 33.7 Å². The van der Waals surface area contributed by atoms with E-state index in [1.165, 1.54) is 6.92 Å². The molecule has 0 bridgehead atoms. The molecule has 1 aliphatic heterocycles. The third-order valence-corrected chi connectivity index (χ3v) is 9.30. The van der Waals surface area contributed by atoms with Gasteiger partial charge in [0.15, 0.2) is 6.04 Å². The minimum Gasteiger partial charge on any atom is -0.465 e. The summed E-state index contributed by atoms with van der Waals surface area (Å²) in [5, 5.41) is 0. The number of hydrogen-bond donors (Lipinski definition) is 1. The van der Waals surface area contributed by atoms with Crippen molar-refractivity contribution in [3.05, 3.63) is 108 Å². The molecule has 1 fully saturated rings. The lowest BCUT2D eigenvalue weighted by atomic mass is 9.69. The van der Waals surface area contributed by atoms with Gasteiger partial charge >= 0.3 is 11.9 Å². The van der Waals surface area contributed by atoms with E-state index in [0.717, 1.165) is 36.0 Å². The molecule has 2 N–H and O–H groups in total. The highest BCUT2D eigenvalue weighted by Gasteiger charge is 2.56. The molecular formula is C36H45N2O4+. The number of carbonyl (C=O) groups is 3. The second kappa shape index (κ2) is 13.9. The van der Waals surface area contributed by atoms with Crippen molar-refractivity contribution < 1.29 is 23.6 Å². The van der Waals surface area contributed by atoms with E-state index in [1.54, 1.807) is 0 Å². The summed E-state index contributed by atoms with van der Waals surface area (Å²) >= 11 is 0. The summed E-state index contributed by atoms with van der Waals surface area (Å²) in [6.45, 7) is 6.64. The van der Waals surface area contributed by atoms with Gasteiger partial charge in [-0.1, -0.05) is 111 Å². The Hall–Kier alpha value is -3.77. The van der Waals surface area contributed by atoms with Gasteiger partial charge in [0, 0.05) is 36.3 Å². The van der Waals surface area contributed by atoms with Crippen LogP contribution in [0.5, 0.6) is 0 Å². The largest absolute Gasteiger partial charge is 0.465 e. The van der Waals surface area contributed by atoms with E-state index in [4.69, 9.17) is 10.5 Å². The van der Waals surface area contributed by atoms with Crippen molar-refractivity contribution in [2.75, 3.05) is 13.2 Å². The maximum absolute atomic E-state index is 14.5. The average molecular weight is 570 g/mol. The van der Waals surface area contributed by atoms with Gasteiger partial charge in [0.2, 0.25) is 0 Å². The summed E-state index contributed by atoms with van der Waals surface area (Å²) in [7, 11) is 0. The van der Waals surface area contributed by atoms with Crippen LogP contribution in [-0.2, 0) is 24.5 Å². The fourth-order valence-electron chi connectivity index (χ4n) is 7.06. The van der Waals surface area contributed by atoms with Crippen molar-refractivity contribution in [2.24, 2.45) is 11.7 Å². The fourth-order valence-corrected chi connectivity index (χ4v) is 7.06. The van der Waals surface area contributed by atoms with E-state index in [9.17, 15) is 14.4 Å². The quantitative estimate of drug-likeness (QED) is 0.145. The van der Waals surface area contributed by atoms with E-state index in [2.05, 4.69) is 26.0 Å². The molecule has 42 heavy (non-hydrogen) atoms. The molecule has 2 unspecified atom stereocenters. The second-order valence-corrected chi connectivity index (χ2v) is 12.0. The van der Waals surface area contributed by atoms with Gasteiger partial charge in [0.25, 0.3) is 5.91 Å². The number of likely N-dealkylation sites (tertiary alicyclic amines) is 1. The van der Waals surface area contributed by atoms with Crippen molar-refractivity contribution in [1.82, 2.24) is 0 Å². The minimum atomic E-state index is -0.578. The van der Waals surface area contributed by atoms with Gasteiger partial charge in [-0.05, 0) is 24.3 Å². The molecule has 2 amide bonds. The third kappa shape index (κ3) is 6.49. The highest BCUT2D eigenvalue weighted by molar-refractivity contribution is 5.82. The zero-order valence-electron chi connectivity index (χ0n) is 25.2. The molecule has 0 spiro atoms. The number of primary amides is 1. The number of carbonyl (C=O) groups excluding carboxylic acids is 3. The lowest BCUT2D eigenvalue weighted by Crippen LogP contribution is -2.62. The summed E-state index contributed by atoms with van der Waals surface area (Å²) in [4.78, 5) is 39.3. The number of benzene rings is 3. The average Bonchev–Trinajstić information content (AvgIpc) is 3.44. The molecule has 0 aromatic heterocycles. The lowest BCUT2D eigenvalue weighted by molar-refractivity contribution is -0.882. The van der Waals surface area contributed by atoms with Crippen LogP contribution in [0.25, 0.3) is 0 Å². The maximum Gasteiger partial charge on any atom is 0.315 e. The number of rotatable bonds is 13. The first-order chi connectivity index (χ1) is 20.2. The third-order valence-electron chi connectivity index (χ3n) is 9.30. The van der Waals surface area contributed by atoms with Gasteiger partial charge in [0.1, 0.15) is 12.6 Å². The Bertz CT molecular complexity index is 1290. The van der Waals surface area contributed by atoms with Crippen LogP contribution in [0, 0.1) is 5.92 Å². The van der Waals surface area contributed by atoms with Crippen LogP contribution in [-0.4, -0.2) is 41.5 Å². The molecule has 0 radical (unpaired) electrons. The number of hydrogen-bond acceptors (Lipinski definition) is 4. The molecule has 3 atom stereocenters. The van der Waals surface area contributed by atoms with E-state index in [0.29, 0.717) is 32.4 Å². The normalized spacial score (nSPS) is 19.9. The van der Waals surface area contributed by atoms with E-state index in [1.807, 2.05) is 78.9 Å².